The van der Waals surface area contributed by atoms with Crippen LogP contribution in [0.1, 0.15) is 42.1 Å². The number of hydrogen-bond donors (Lipinski definition) is 0. The highest BCUT2D eigenvalue weighted by molar-refractivity contribution is 6.25. The van der Waals surface area contributed by atoms with E-state index in [0.29, 0.717) is 24.2 Å². The second kappa shape index (κ2) is 7.91. The van der Waals surface area contributed by atoms with Crippen molar-refractivity contribution in [2.45, 2.75) is 39.7 Å². The summed E-state index contributed by atoms with van der Waals surface area (Å²) in [6, 6.07) is 11.5. The van der Waals surface area contributed by atoms with Gasteiger partial charge in [-0.3, -0.25) is 23.7 Å². The van der Waals surface area contributed by atoms with Crippen LogP contribution in [0, 0.1) is 12.8 Å². The van der Waals surface area contributed by atoms with Crippen molar-refractivity contribution in [2.24, 2.45) is 5.92 Å². The molecule has 0 bridgehead atoms. The fourth-order valence-electron chi connectivity index (χ4n) is 4.22. The molecule has 2 aromatic carbocycles. The van der Waals surface area contributed by atoms with Crippen molar-refractivity contribution in [2.75, 3.05) is 0 Å². The Kier molecular flexibility index (Phi) is 5.27. The molecule has 0 saturated heterocycles. The summed E-state index contributed by atoms with van der Waals surface area (Å²) in [6.07, 6.45) is 0.861. The van der Waals surface area contributed by atoms with E-state index in [1.807, 2.05) is 19.1 Å². The van der Waals surface area contributed by atoms with E-state index in [1.165, 1.54) is 22.8 Å². The number of rotatable bonds is 4. The standard InChI is InChI=1S/C24H22N2O5/c1-3-25-18-12-11-15(22(29)21-19(27)9-6-10-20(21)28)13-16(18)23(30)26(24(25)31)17-8-5-4-7-14(17)2/h4-5,7-8,11-13,21H,3,6,9-10H2,1-2H3. The molecule has 31 heavy (non-hydrogen) atoms. The lowest BCUT2D eigenvalue weighted by molar-refractivity contribution is -0.133. The molecule has 1 heterocycles. The fourth-order valence-corrected chi connectivity index (χ4v) is 4.22. The molecule has 1 aliphatic rings. The molecule has 1 aromatic heterocycles. The lowest BCUT2D eigenvalue weighted by atomic mass is 9.81. The summed E-state index contributed by atoms with van der Waals surface area (Å²) in [5, 5.41) is 0.186. The molecule has 1 saturated carbocycles. The number of carbonyl (C=O) groups is 3. The zero-order valence-electron chi connectivity index (χ0n) is 17.4. The average molecular weight is 418 g/mol. The lowest BCUT2D eigenvalue weighted by Crippen LogP contribution is -2.39. The van der Waals surface area contributed by atoms with Gasteiger partial charge in [-0.1, -0.05) is 18.2 Å². The van der Waals surface area contributed by atoms with Gasteiger partial charge in [-0.15, -0.1) is 0 Å². The molecule has 1 fully saturated rings. The molecular weight excluding hydrogens is 396 g/mol. The highest BCUT2D eigenvalue weighted by Crippen LogP contribution is 2.23. The molecule has 0 amide bonds. The number of nitrogens with zero attached hydrogens (tertiary/aromatic N) is 2. The number of para-hydroxylation sites is 1. The minimum absolute atomic E-state index is 0.121. The van der Waals surface area contributed by atoms with Gasteiger partial charge < -0.3 is 0 Å². The van der Waals surface area contributed by atoms with Gasteiger partial charge in [0.2, 0.25) is 0 Å². The van der Waals surface area contributed by atoms with Crippen molar-refractivity contribution < 1.29 is 14.4 Å². The van der Waals surface area contributed by atoms with Crippen molar-refractivity contribution >= 4 is 28.3 Å². The van der Waals surface area contributed by atoms with E-state index >= 15 is 0 Å². The topological polar surface area (TPSA) is 95.2 Å². The van der Waals surface area contributed by atoms with Crippen LogP contribution < -0.4 is 11.2 Å². The molecule has 0 N–H and O–H groups in total. The Bertz CT molecular complexity index is 1350. The van der Waals surface area contributed by atoms with Crippen molar-refractivity contribution in [3.63, 3.8) is 0 Å². The molecule has 7 nitrogen and oxygen atoms in total. The highest BCUT2D eigenvalue weighted by atomic mass is 16.2. The fraction of sp³-hybridized carbons (Fsp3) is 0.292. The van der Waals surface area contributed by atoms with Gasteiger partial charge in [0.25, 0.3) is 5.56 Å². The monoisotopic (exact) mass is 418 g/mol. The molecule has 0 spiro atoms. The maximum Gasteiger partial charge on any atom is 0.336 e. The summed E-state index contributed by atoms with van der Waals surface area (Å²) in [6.45, 7) is 3.93. The van der Waals surface area contributed by atoms with E-state index in [2.05, 4.69) is 0 Å². The molecule has 4 rings (SSSR count). The minimum Gasteiger partial charge on any atom is -0.298 e. The Hall–Kier alpha value is -3.61. The molecular formula is C24H22N2O5. The Balaban J connectivity index is 1.96. The lowest BCUT2D eigenvalue weighted by Gasteiger charge is -2.19. The predicted octanol–water partition coefficient (Wildman–Crippen LogP) is 2.60. The third-order valence-electron chi connectivity index (χ3n) is 5.85. The summed E-state index contributed by atoms with van der Waals surface area (Å²) in [7, 11) is 0. The van der Waals surface area contributed by atoms with Crippen LogP contribution in [0.3, 0.4) is 0 Å². The number of carbonyl (C=O) groups excluding carboxylic acids is 3. The van der Waals surface area contributed by atoms with Crippen LogP contribution >= 0.6 is 0 Å². The van der Waals surface area contributed by atoms with Crippen molar-refractivity contribution in [3.05, 3.63) is 74.4 Å². The SMILES string of the molecule is CCn1c(=O)n(-c2ccccc2C)c(=O)c2cc(C(=O)C3C(=O)CCCC3=O)ccc21. The summed E-state index contributed by atoms with van der Waals surface area (Å²) in [5.41, 5.74) is 0.738. The van der Waals surface area contributed by atoms with Crippen LogP contribution in [0.25, 0.3) is 16.6 Å². The van der Waals surface area contributed by atoms with Gasteiger partial charge in [-0.2, -0.15) is 0 Å². The Labute approximate surface area is 177 Å². The first-order valence-corrected chi connectivity index (χ1v) is 10.3. The summed E-state index contributed by atoms with van der Waals surface area (Å²) in [5.74, 6) is -2.65. The molecule has 0 radical (unpaired) electrons. The van der Waals surface area contributed by atoms with Gasteiger partial charge in [-0.05, 0) is 50.1 Å². The van der Waals surface area contributed by atoms with Crippen LogP contribution in [0.4, 0.5) is 0 Å². The van der Waals surface area contributed by atoms with Gasteiger partial charge in [0.15, 0.2) is 17.3 Å². The Morgan fingerprint density at radius 3 is 2.32 bits per heavy atom. The van der Waals surface area contributed by atoms with Crippen LogP contribution in [0.5, 0.6) is 0 Å². The smallest absolute Gasteiger partial charge is 0.298 e. The van der Waals surface area contributed by atoms with Crippen molar-refractivity contribution in [1.29, 1.82) is 0 Å². The maximum atomic E-state index is 13.4. The maximum absolute atomic E-state index is 13.4. The first kappa shape index (κ1) is 20.7. The van der Waals surface area contributed by atoms with Gasteiger partial charge in [-0.25, -0.2) is 9.36 Å². The number of aromatic nitrogens is 2. The first-order valence-electron chi connectivity index (χ1n) is 10.3. The molecule has 7 heteroatoms. The molecule has 0 unspecified atom stereocenters. The number of fused-ring (bicyclic) bond motifs is 1. The van der Waals surface area contributed by atoms with E-state index in [9.17, 15) is 24.0 Å². The Morgan fingerprint density at radius 1 is 1.00 bits per heavy atom. The molecule has 0 aliphatic heterocycles. The third kappa shape index (κ3) is 3.36. The minimum atomic E-state index is -1.30. The van der Waals surface area contributed by atoms with Gasteiger partial charge >= 0.3 is 5.69 Å². The van der Waals surface area contributed by atoms with Crippen molar-refractivity contribution in [1.82, 2.24) is 9.13 Å². The van der Waals surface area contributed by atoms with E-state index in [1.54, 1.807) is 19.1 Å². The number of Topliss-reactive ketones (excluding diaryl/α,β-unsaturated/α-hetero) is 3. The first-order chi connectivity index (χ1) is 14.8. The van der Waals surface area contributed by atoms with Gasteiger partial charge in [0.1, 0.15) is 5.92 Å². The largest absolute Gasteiger partial charge is 0.336 e. The summed E-state index contributed by atoms with van der Waals surface area (Å²) >= 11 is 0. The molecule has 3 aromatic rings. The number of aryl methyl sites for hydroxylation is 2. The molecule has 158 valence electrons. The number of benzene rings is 2. The van der Waals surface area contributed by atoms with Crippen LogP contribution in [0.15, 0.2) is 52.1 Å². The van der Waals surface area contributed by atoms with E-state index in [0.717, 1.165) is 10.1 Å². The number of hydrogen-bond acceptors (Lipinski definition) is 5. The Morgan fingerprint density at radius 2 is 1.68 bits per heavy atom. The molecule has 0 atom stereocenters. The summed E-state index contributed by atoms with van der Waals surface area (Å²) in [4.78, 5) is 63.9. The molecule has 1 aliphatic carbocycles. The predicted molar refractivity (Wildman–Crippen MR) is 116 cm³/mol. The quantitative estimate of drug-likeness (QED) is 0.479. The zero-order chi connectivity index (χ0) is 22.3. The summed E-state index contributed by atoms with van der Waals surface area (Å²) < 4.78 is 2.57. The normalized spacial score (nSPS) is 14.9. The highest BCUT2D eigenvalue weighted by Gasteiger charge is 2.36. The van der Waals surface area contributed by atoms with Crippen LogP contribution in [-0.4, -0.2) is 26.5 Å². The van der Waals surface area contributed by atoms with Gasteiger partial charge in [0, 0.05) is 24.9 Å². The van der Waals surface area contributed by atoms with E-state index in [4.69, 9.17) is 0 Å². The van der Waals surface area contributed by atoms with E-state index < -0.39 is 23.0 Å². The second-order valence-electron chi connectivity index (χ2n) is 7.77. The van der Waals surface area contributed by atoms with E-state index in [-0.39, 0.29) is 35.4 Å². The third-order valence-corrected chi connectivity index (χ3v) is 5.85. The zero-order valence-corrected chi connectivity index (χ0v) is 17.4. The number of ketones is 3. The van der Waals surface area contributed by atoms with Crippen LogP contribution in [-0.2, 0) is 16.1 Å². The van der Waals surface area contributed by atoms with Crippen molar-refractivity contribution in [3.8, 4) is 5.69 Å². The second-order valence-corrected chi connectivity index (χ2v) is 7.77. The van der Waals surface area contributed by atoms with Crippen LogP contribution in [0.2, 0.25) is 0 Å². The average Bonchev–Trinajstić information content (AvgIpc) is 2.75. The van der Waals surface area contributed by atoms with Gasteiger partial charge in [0.05, 0.1) is 16.6 Å².